The first kappa shape index (κ1) is 11.3. The first-order valence-electron chi connectivity index (χ1n) is 5.32. The summed E-state index contributed by atoms with van der Waals surface area (Å²) in [4.78, 5) is 11.0. The summed E-state index contributed by atoms with van der Waals surface area (Å²) in [7, 11) is 0. The minimum Gasteiger partial charge on any atom is -0.455 e. The monoisotopic (exact) mass is 196 g/mol. The Labute approximate surface area is 86.3 Å². The molecule has 1 saturated carbocycles. The SMILES string of the molecule is C=CC1(OC(C)=O)CCC(C(C)C)C1. The molecule has 80 valence electrons. The fourth-order valence-electron chi connectivity index (χ4n) is 2.25. The highest BCUT2D eigenvalue weighted by molar-refractivity contribution is 5.66. The van der Waals surface area contributed by atoms with E-state index in [1.807, 2.05) is 0 Å². The number of hydrogen-bond acceptors (Lipinski definition) is 2. The lowest BCUT2D eigenvalue weighted by atomic mass is 9.92. The first-order valence-corrected chi connectivity index (χ1v) is 5.32. The molecule has 14 heavy (non-hydrogen) atoms. The van der Waals surface area contributed by atoms with Gasteiger partial charge in [-0.25, -0.2) is 0 Å². The molecule has 0 aromatic rings. The van der Waals surface area contributed by atoms with Crippen LogP contribution < -0.4 is 0 Å². The van der Waals surface area contributed by atoms with Gasteiger partial charge in [-0.05, 0) is 37.2 Å². The molecule has 2 unspecified atom stereocenters. The van der Waals surface area contributed by atoms with Crippen LogP contribution in [0.15, 0.2) is 12.7 Å². The van der Waals surface area contributed by atoms with Gasteiger partial charge in [0.05, 0.1) is 0 Å². The standard InChI is InChI=1S/C12H20O2/c1-5-12(14-10(4)13)7-6-11(8-12)9(2)3/h5,9,11H,1,6-8H2,2-4H3. The van der Waals surface area contributed by atoms with Crippen molar-refractivity contribution in [3.63, 3.8) is 0 Å². The zero-order chi connectivity index (χ0) is 10.8. The molecule has 0 heterocycles. The predicted octanol–water partition coefficient (Wildman–Crippen LogP) is 2.93. The summed E-state index contributed by atoms with van der Waals surface area (Å²) in [5.74, 6) is 1.12. The number of ether oxygens (including phenoxy) is 1. The van der Waals surface area contributed by atoms with E-state index < -0.39 is 0 Å². The van der Waals surface area contributed by atoms with Gasteiger partial charge in [-0.1, -0.05) is 20.4 Å². The molecule has 1 aliphatic carbocycles. The van der Waals surface area contributed by atoms with Crippen LogP contribution in [0, 0.1) is 11.8 Å². The van der Waals surface area contributed by atoms with E-state index in [-0.39, 0.29) is 11.6 Å². The first-order chi connectivity index (χ1) is 6.49. The molecule has 0 saturated heterocycles. The largest absolute Gasteiger partial charge is 0.455 e. The van der Waals surface area contributed by atoms with Crippen LogP contribution in [-0.2, 0) is 9.53 Å². The van der Waals surface area contributed by atoms with E-state index in [1.54, 1.807) is 6.08 Å². The fraction of sp³-hybridized carbons (Fsp3) is 0.750. The number of esters is 1. The van der Waals surface area contributed by atoms with Gasteiger partial charge < -0.3 is 4.74 Å². The molecule has 0 spiro atoms. The molecule has 1 fully saturated rings. The Morgan fingerprint density at radius 1 is 1.64 bits per heavy atom. The van der Waals surface area contributed by atoms with Crippen molar-refractivity contribution in [2.75, 3.05) is 0 Å². The van der Waals surface area contributed by atoms with Crippen LogP contribution in [0.4, 0.5) is 0 Å². The Morgan fingerprint density at radius 2 is 2.29 bits per heavy atom. The Hall–Kier alpha value is -0.790. The molecule has 2 nitrogen and oxygen atoms in total. The zero-order valence-corrected chi connectivity index (χ0v) is 9.38. The van der Waals surface area contributed by atoms with Crippen LogP contribution in [0.2, 0.25) is 0 Å². The fourth-order valence-corrected chi connectivity index (χ4v) is 2.25. The third-order valence-electron chi connectivity index (χ3n) is 3.21. The van der Waals surface area contributed by atoms with E-state index in [0.717, 1.165) is 19.3 Å². The highest BCUT2D eigenvalue weighted by Crippen LogP contribution is 2.41. The van der Waals surface area contributed by atoms with Crippen molar-refractivity contribution in [3.8, 4) is 0 Å². The van der Waals surface area contributed by atoms with Gasteiger partial charge in [-0.2, -0.15) is 0 Å². The maximum absolute atomic E-state index is 11.0. The lowest BCUT2D eigenvalue weighted by Gasteiger charge is -2.25. The minimum atomic E-state index is -0.374. The summed E-state index contributed by atoms with van der Waals surface area (Å²) in [6.45, 7) is 9.69. The molecule has 2 atom stereocenters. The Kier molecular flexibility index (Phi) is 3.35. The molecular formula is C12H20O2. The van der Waals surface area contributed by atoms with E-state index in [1.165, 1.54) is 6.92 Å². The van der Waals surface area contributed by atoms with Crippen molar-refractivity contribution in [2.45, 2.75) is 45.6 Å². The summed E-state index contributed by atoms with van der Waals surface area (Å²) < 4.78 is 5.37. The van der Waals surface area contributed by atoms with Gasteiger partial charge >= 0.3 is 5.97 Å². The summed E-state index contributed by atoms with van der Waals surface area (Å²) in [5, 5.41) is 0. The van der Waals surface area contributed by atoms with E-state index in [9.17, 15) is 4.79 Å². The Morgan fingerprint density at radius 3 is 2.64 bits per heavy atom. The lowest BCUT2D eigenvalue weighted by Crippen LogP contribution is -2.29. The van der Waals surface area contributed by atoms with Gasteiger partial charge in [-0.15, -0.1) is 0 Å². The van der Waals surface area contributed by atoms with E-state index in [2.05, 4.69) is 20.4 Å². The zero-order valence-electron chi connectivity index (χ0n) is 9.38. The average Bonchev–Trinajstić information content (AvgIpc) is 2.49. The van der Waals surface area contributed by atoms with E-state index in [4.69, 9.17) is 4.74 Å². The number of hydrogen-bond donors (Lipinski definition) is 0. The number of rotatable bonds is 3. The third kappa shape index (κ3) is 2.37. The number of carbonyl (C=O) groups excluding carboxylic acids is 1. The van der Waals surface area contributed by atoms with Crippen LogP contribution in [0.1, 0.15) is 40.0 Å². The van der Waals surface area contributed by atoms with E-state index >= 15 is 0 Å². The van der Waals surface area contributed by atoms with Crippen LogP contribution in [0.3, 0.4) is 0 Å². The van der Waals surface area contributed by atoms with Crippen LogP contribution in [0.25, 0.3) is 0 Å². The van der Waals surface area contributed by atoms with Gasteiger partial charge in [0.2, 0.25) is 0 Å². The summed E-state index contributed by atoms with van der Waals surface area (Å²) in [5.41, 5.74) is -0.374. The van der Waals surface area contributed by atoms with Crippen LogP contribution >= 0.6 is 0 Å². The summed E-state index contributed by atoms with van der Waals surface area (Å²) >= 11 is 0. The molecule has 0 aromatic heterocycles. The van der Waals surface area contributed by atoms with Crippen molar-refractivity contribution >= 4 is 5.97 Å². The van der Waals surface area contributed by atoms with Crippen molar-refractivity contribution in [2.24, 2.45) is 11.8 Å². The van der Waals surface area contributed by atoms with Gasteiger partial charge in [0.1, 0.15) is 5.60 Å². The van der Waals surface area contributed by atoms with Gasteiger partial charge in [0, 0.05) is 6.92 Å². The Balaban J connectivity index is 2.65. The predicted molar refractivity (Wildman–Crippen MR) is 56.9 cm³/mol. The van der Waals surface area contributed by atoms with Crippen LogP contribution in [0.5, 0.6) is 0 Å². The van der Waals surface area contributed by atoms with Gasteiger partial charge in [0.15, 0.2) is 0 Å². The summed E-state index contributed by atoms with van der Waals surface area (Å²) in [6.07, 6.45) is 4.81. The summed E-state index contributed by atoms with van der Waals surface area (Å²) in [6, 6.07) is 0. The van der Waals surface area contributed by atoms with Crippen LogP contribution in [-0.4, -0.2) is 11.6 Å². The smallest absolute Gasteiger partial charge is 0.303 e. The highest BCUT2D eigenvalue weighted by Gasteiger charge is 2.40. The lowest BCUT2D eigenvalue weighted by molar-refractivity contribution is -0.152. The molecular weight excluding hydrogens is 176 g/mol. The maximum Gasteiger partial charge on any atom is 0.303 e. The maximum atomic E-state index is 11.0. The molecule has 0 aliphatic heterocycles. The van der Waals surface area contributed by atoms with Crippen molar-refractivity contribution in [1.82, 2.24) is 0 Å². The molecule has 0 aromatic carbocycles. The second-order valence-electron chi connectivity index (χ2n) is 4.61. The highest BCUT2D eigenvalue weighted by atomic mass is 16.6. The van der Waals surface area contributed by atoms with Crippen molar-refractivity contribution in [3.05, 3.63) is 12.7 Å². The quantitative estimate of drug-likeness (QED) is 0.512. The average molecular weight is 196 g/mol. The second-order valence-corrected chi connectivity index (χ2v) is 4.61. The molecule has 1 aliphatic rings. The molecule has 0 bridgehead atoms. The number of carbonyl (C=O) groups is 1. The molecule has 0 radical (unpaired) electrons. The Bertz CT molecular complexity index is 232. The van der Waals surface area contributed by atoms with Gasteiger partial charge in [0.25, 0.3) is 0 Å². The van der Waals surface area contributed by atoms with Gasteiger partial charge in [-0.3, -0.25) is 4.79 Å². The van der Waals surface area contributed by atoms with E-state index in [0.29, 0.717) is 11.8 Å². The third-order valence-corrected chi connectivity index (χ3v) is 3.21. The molecule has 2 heteroatoms. The second kappa shape index (κ2) is 4.16. The van der Waals surface area contributed by atoms with Crippen molar-refractivity contribution < 1.29 is 9.53 Å². The minimum absolute atomic E-state index is 0.200. The topological polar surface area (TPSA) is 26.3 Å². The molecule has 1 rings (SSSR count). The molecule has 0 amide bonds. The van der Waals surface area contributed by atoms with Crippen molar-refractivity contribution in [1.29, 1.82) is 0 Å². The molecule has 0 N–H and O–H groups in total. The normalized spacial score (nSPS) is 31.9.